The van der Waals surface area contributed by atoms with Crippen LogP contribution in [0.4, 0.5) is 5.82 Å². The molecule has 1 amide bonds. The van der Waals surface area contributed by atoms with Crippen LogP contribution in [-0.4, -0.2) is 41.5 Å². The molecule has 8 heteroatoms. The van der Waals surface area contributed by atoms with Gasteiger partial charge in [-0.05, 0) is 17.7 Å². The van der Waals surface area contributed by atoms with Crippen LogP contribution < -0.4 is 10.6 Å². The number of carbonyl (C=O) groups is 1. The lowest BCUT2D eigenvalue weighted by Gasteiger charge is -2.22. The Morgan fingerprint density at radius 2 is 2.17 bits per heavy atom. The molecule has 1 atom stereocenters. The van der Waals surface area contributed by atoms with Gasteiger partial charge < -0.3 is 15.4 Å². The normalized spacial score (nSPS) is 17.3. The summed E-state index contributed by atoms with van der Waals surface area (Å²) in [6.07, 6.45) is 1.22. The van der Waals surface area contributed by atoms with E-state index in [4.69, 9.17) is 4.74 Å². The maximum absolute atomic E-state index is 12.2. The molecule has 0 aliphatic carbocycles. The van der Waals surface area contributed by atoms with Crippen molar-refractivity contribution in [2.75, 3.05) is 25.0 Å². The first-order valence-electron chi connectivity index (χ1n) is 7.12. The molecule has 1 aromatic heterocycles. The number of rotatable bonds is 4. The number of carbonyl (C=O) groups excluding carboxylic acids is 1. The number of ether oxygens (including phenoxy) is 1. The summed E-state index contributed by atoms with van der Waals surface area (Å²) in [6, 6.07) is 9.79. The minimum Gasteiger partial charge on any atom is -0.366 e. The number of benzene rings is 1. The lowest BCUT2D eigenvalue weighted by atomic mass is 10.2. The summed E-state index contributed by atoms with van der Waals surface area (Å²) in [5.41, 5.74) is 1.11. The Morgan fingerprint density at radius 1 is 1.39 bits per heavy atom. The second-order valence-corrected chi connectivity index (χ2v) is 5.97. The Hall–Kier alpha value is -1.41. The van der Waals surface area contributed by atoms with Crippen molar-refractivity contribution in [1.29, 1.82) is 0 Å². The van der Waals surface area contributed by atoms with E-state index in [1.165, 1.54) is 0 Å². The molecular formula is C15H18BrClN4O2. The SMILES string of the molecule is Cl.O=C(Nc1ccnn1Cc1ccc(Br)cc1)C1CNCCO1. The monoisotopic (exact) mass is 400 g/mol. The summed E-state index contributed by atoms with van der Waals surface area (Å²) in [7, 11) is 0. The fourth-order valence-corrected chi connectivity index (χ4v) is 2.53. The van der Waals surface area contributed by atoms with E-state index in [0.717, 1.165) is 16.6 Å². The molecule has 2 N–H and O–H groups in total. The van der Waals surface area contributed by atoms with E-state index in [0.29, 0.717) is 25.5 Å². The van der Waals surface area contributed by atoms with Gasteiger partial charge in [-0.2, -0.15) is 5.10 Å². The third-order valence-corrected chi connectivity index (χ3v) is 3.96. The molecule has 1 aliphatic rings. The summed E-state index contributed by atoms with van der Waals surface area (Å²) in [5.74, 6) is 0.520. The Balaban J connectivity index is 0.00000192. The highest BCUT2D eigenvalue weighted by Gasteiger charge is 2.22. The lowest BCUT2D eigenvalue weighted by molar-refractivity contribution is -0.128. The highest BCUT2D eigenvalue weighted by Crippen LogP contribution is 2.14. The van der Waals surface area contributed by atoms with Crippen LogP contribution in [0.25, 0.3) is 0 Å². The highest BCUT2D eigenvalue weighted by atomic mass is 79.9. The van der Waals surface area contributed by atoms with Crippen molar-refractivity contribution in [2.24, 2.45) is 0 Å². The van der Waals surface area contributed by atoms with E-state index >= 15 is 0 Å². The van der Waals surface area contributed by atoms with Gasteiger partial charge in [0.2, 0.25) is 0 Å². The molecule has 1 unspecified atom stereocenters. The number of aromatic nitrogens is 2. The topological polar surface area (TPSA) is 68.2 Å². The maximum Gasteiger partial charge on any atom is 0.255 e. The number of hydrogen-bond acceptors (Lipinski definition) is 4. The molecule has 0 spiro atoms. The van der Waals surface area contributed by atoms with E-state index in [9.17, 15) is 4.79 Å². The van der Waals surface area contributed by atoms with Gasteiger partial charge in [0.05, 0.1) is 19.3 Å². The van der Waals surface area contributed by atoms with E-state index in [2.05, 4.69) is 31.7 Å². The first-order chi connectivity index (χ1) is 10.7. The summed E-state index contributed by atoms with van der Waals surface area (Å²) in [4.78, 5) is 12.2. The number of hydrogen-bond donors (Lipinski definition) is 2. The summed E-state index contributed by atoms with van der Waals surface area (Å²) in [5, 5.41) is 10.3. The second-order valence-electron chi connectivity index (χ2n) is 5.05. The molecular weight excluding hydrogens is 384 g/mol. The largest absolute Gasteiger partial charge is 0.366 e. The van der Waals surface area contributed by atoms with Crippen LogP contribution in [0.2, 0.25) is 0 Å². The van der Waals surface area contributed by atoms with E-state index in [1.54, 1.807) is 16.9 Å². The second kappa shape index (κ2) is 8.44. The molecule has 1 aromatic carbocycles. The summed E-state index contributed by atoms with van der Waals surface area (Å²) >= 11 is 3.42. The molecule has 2 aromatic rings. The lowest BCUT2D eigenvalue weighted by Crippen LogP contribution is -2.45. The van der Waals surface area contributed by atoms with Gasteiger partial charge in [0.1, 0.15) is 11.9 Å². The standard InChI is InChI=1S/C15H17BrN4O2.ClH/c16-12-3-1-11(2-4-12)10-20-14(5-6-18-20)19-15(21)13-9-17-7-8-22-13;/h1-6,13,17H,7-10H2,(H,19,21);1H. The zero-order valence-electron chi connectivity index (χ0n) is 12.4. The average Bonchev–Trinajstić information content (AvgIpc) is 2.97. The van der Waals surface area contributed by atoms with Crippen molar-refractivity contribution in [3.8, 4) is 0 Å². The van der Waals surface area contributed by atoms with Crippen molar-refractivity contribution in [3.63, 3.8) is 0 Å². The van der Waals surface area contributed by atoms with Gasteiger partial charge in [-0.15, -0.1) is 12.4 Å². The van der Waals surface area contributed by atoms with Gasteiger partial charge in [0.15, 0.2) is 0 Å². The molecule has 0 bridgehead atoms. The predicted octanol–water partition coefficient (Wildman–Crippen LogP) is 2.04. The molecule has 0 saturated carbocycles. The maximum atomic E-state index is 12.2. The van der Waals surface area contributed by atoms with Crippen molar-refractivity contribution in [1.82, 2.24) is 15.1 Å². The van der Waals surface area contributed by atoms with Gasteiger partial charge in [0.25, 0.3) is 5.91 Å². The average molecular weight is 402 g/mol. The minimum absolute atomic E-state index is 0. The Kier molecular flexibility index (Phi) is 6.59. The van der Waals surface area contributed by atoms with Gasteiger partial charge in [-0.1, -0.05) is 28.1 Å². The highest BCUT2D eigenvalue weighted by molar-refractivity contribution is 9.10. The van der Waals surface area contributed by atoms with E-state index < -0.39 is 6.10 Å². The zero-order chi connectivity index (χ0) is 15.4. The number of halogens is 2. The van der Waals surface area contributed by atoms with Gasteiger partial charge in [0, 0.05) is 23.6 Å². The number of morpholine rings is 1. The predicted molar refractivity (Wildman–Crippen MR) is 94.0 cm³/mol. The van der Waals surface area contributed by atoms with E-state index in [-0.39, 0.29) is 18.3 Å². The van der Waals surface area contributed by atoms with Gasteiger partial charge in [-0.25, -0.2) is 4.68 Å². The van der Waals surface area contributed by atoms with Gasteiger partial charge in [-0.3, -0.25) is 4.79 Å². The fraction of sp³-hybridized carbons (Fsp3) is 0.333. The molecule has 0 radical (unpaired) electrons. The van der Waals surface area contributed by atoms with Crippen molar-refractivity contribution in [3.05, 3.63) is 46.6 Å². The third kappa shape index (κ3) is 4.78. The fourth-order valence-electron chi connectivity index (χ4n) is 2.27. The minimum atomic E-state index is -0.454. The molecule has 23 heavy (non-hydrogen) atoms. The Bertz CT molecular complexity index is 641. The van der Waals surface area contributed by atoms with Crippen LogP contribution in [0, 0.1) is 0 Å². The molecule has 6 nitrogen and oxygen atoms in total. The van der Waals surface area contributed by atoms with Crippen molar-refractivity contribution < 1.29 is 9.53 Å². The van der Waals surface area contributed by atoms with Crippen LogP contribution >= 0.6 is 28.3 Å². The Labute approximate surface area is 149 Å². The van der Waals surface area contributed by atoms with Gasteiger partial charge >= 0.3 is 0 Å². The molecule has 124 valence electrons. The van der Waals surface area contributed by atoms with Crippen LogP contribution in [0.5, 0.6) is 0 Å². The summed E-state index contributed by atoms with van der Waals surface area (Å²) < 4.78 is 8.25. The molecule has 1 fully saturated rings. The molecule has 1 aliphatic heterocycles. The number of nitrogens with one attached hydrogen (secondary N) is 2. The van der Waals surface area contributed by atoms with Crippen LogP contribution in [0.3, 0.4) is 0 Å². The molecule has 1 saturated heterocycles. The van der Waals surface area contributed by atoms with Crippen LogP contribution in [-0.2, 0) is 16.1 Å². The Morgan fingerprint density at radius 3 is 2.87 bits per heavy atom. The van der Waals surface area contributed by atoms with Crippen molar-refractivity contribution >= 4 is 40.1 Å². The number of amides is 1. The van der Waals surface area contributed by atoms with Crippen LogP contribution in [0.1, 0.15) is 5.56 Å². The van der Waals surface area contributed by atoms with Crippen LogP contribution in [0.15, 0.2) is 41.0 Å². The third-order valence-electron chi connectivity index (χ3n) is 3.43. The number of anilines is 1. The summed E-state index contributed by atoms with van der Waals surface area (Å²) in [6.45, 7) is 2.47. The first-order valence-corrected chi connectivity index (χ1v) is 7.91. The van der Waals surface area contributed by atoms with Crippen molar-refractivity contribution in [2.45, 2.75) is 12.6 Å². The number of nitrogens with zero attached hydrogens (tertiary/aromatic N) is 2. The molecule has 3 rings (SSSR count). The first kappa shape index (κ1) is 17.9. The van der Waals surface area contributed by atoms with E-state index in [1.807, 2.05) is 24.3 Å². The molecule has 2 heterocycles. The smallest absolute Gasteiger partial charge is 0.255 e. The zero-order valence-corrected chi connectivity index (χ0v) is 14.8. The quantitative estimate of drug-likeness (QED) is 0.823.